The van der Waals surface area contributed by atoms with Gasteiger partial charge < -0.3 is 5.32 Å². The lowest BCUT2D eigenvalue weighted by molar-refractivity contribution is 0.610. The summed E-state index contributed by atoms with van der Waals surface area (Å²) in [5, 5.41) is 3.29. The van der Waals surface area contributed by atoms with E-state index < -0.39 is 10.8 Å². The van der Waals surface area contributed by atoms with Crippen LogP contribution in [-0.4, -0.2) is 22.5 Å². The average Bonchev–Trinajstić information content (AvgIpc) is 2.14. The van der Waals surface area contributed by atoms with Gasteiger partial charge in [-0.05, 0) is 19.4 Å². The maximum atomic E-state index is 11.9. The van der Waals surface area contributed by atoms with Gasteiger partial charge in [0.05, 0.1) is 0 Å². The minimum absolute atomic E-state index is 0.466. The summed E-state index contributed by atoms with van der Waals surface area (Å²) in [6, 6.07) is 6.86. The predicted octanol–water partition coefficient (Wildman–Crippen LogP) is 2.55. The second-order valence-corrected chi connectivity index (χ2v) is 6.47. The summed E-state index contributed by atoms with van der Waals surface area (Å²) in [6.07, 6.45) is 0. The van der Waals surface area contributed by atoms with Gasteiger partial charge in [-0.1, -0.05) is 43.2 Å². The van der Waals surface area contributed by atoms with Crippen LogP contribution in [0.25, 0.3) is 0 Å². The maximum Gasteiger partial charge on any atom is 0.0486 e. The molecule has 0 radical (unpaired) electrons. The van der Waals surface area contributed by atoms with E-state index in [4.69, 9.17) is 0 Å². The van der Waals surface area contributed by atoms with E-state index in [9.17, 15) is 4.21 Å². The Morgan fingerprint density at radius 2 is 1.76 bits per heavy atom. The fourth-order valence-electron chi connectivity index (χ4n) is 1.87. The van der Waals surface area contributed by atoms with E-state index in [0.717, 1.165) is 12.3 Å². The quantitative estimate of drug-likeness (QED) is 0.844. The number of benzene rings is 1. The van der Waals surface area contributed by atoms with Crippen LogP contribution in [0.2, 0.25) is 0 Å². The molecule has 0 bridgehead atoms. The van der Waals surface area contributed by atoms with E-state index in [-0.39, 0.29) is 0 Å². The molecule has 1 unspecified atom stereocenters. The molecule has 0 saturated carbocycles. The average molecular weight is 253 g/mol. The third kappa shape index (κ3) is 5.99. The maximum absolute atomic E-state index is 11.9. The minimum atomic E-state index is -0.766. The normalized spacial score (nSPS) is 13.0. The Morgan fingerprint density at radius 1 is 1.18 bits per heavy atom. The van der Waals surface area contributed by atoms with Crippen LogP contribution < -0.4 is 5.32 Å². The highest BCUT2D eigenvalue weighted by Crippen LogP contribution is 2.10. The van der Waals surface area contributed by atoms with Crippen molar-refractivity contribution in [3.63, 3.8) is 0 Å². The molecule has 0 aliphatic rings. The summed E-state index contributed by atoms with van der Waals surface area (Å²) in [5.74, 6) is 1.40. The molecule has 1 N–H and O–H groups in total. The molecule has 3 heteroatoms. The topological polar surface area (TPSA) is 29.1 Å². The van der Waals surface area contributed by atoms with Gasteiger partial charge in [-0.3, -0.25) is 4.21 Å². The molecule has 1 atom stereocenters. The zero-order valence-corrected chi connectivity index (χ0v) is 12.1. The fourth-order valence-corrected chi connectivity index (χ4v) is 2.90. The molecule has 0 aromatic heterocycles. The molecular weight excluding hydrogens is 230 g/mol. The Bertz CT molecular complexity index is 368. The number of rotatable bonds is 6. The van der Waals surface area contributed by atoms with Crippen molar-refractivity contribution in [1.29, 1.82) is 0 Å². The highest BCUT2D eigenvalue weighted by Gasteiger charge is 2.03. The monoisotopic (exact) mass is 253 g/mol. The van der Waals surface area contributed by atoms with Crippen molar-refractivity contribution in [1.82, 2.24) is 5.32 Å². The first-order chi connectivity index (χ1) is 7.97. The van der Waals surface area contributed by atoms with Crippen LogP contribution in [-0.2, 0) is 16.6 Å². The molecule has 1 aromatic carbocycles. The van der Waals surface area contributed by atoms with Gasteiger partial charge in [-0.15, -0.1) is 0 Å². The first kappa shape index (κ1) is 14.4. The fraction of sp³-hybridized carbons (Fsp3) is 0.571. The van der Waals surface area contributed by atoms with E-state index in [1.54, 1.807) is 0 Å². The molecule has 0 spiro atoms. The summed E-state index contributed by atoms with van der Waals surface area (Å²) >= 11 is 0. The van der Waals surface area contributed by atoms with Crippen molar-refractivity contribution >= 4 is 10.8 Å². The molecule has 0 saturated heterocycles. The molecule has 1 rings (SSSR count). The summed E-state index contributed by atoms with van der Waals surface area (Å²) < 4.78 is 11.9. The Labute approximate surface area is 107 Å². The number of aryl methyl sites for hydroxylation is 2. The molecule has 0 aliphatic carbocycles. The summed E-state index contributed by atoms with van der Waals surface area (Å²) in [6.45, 7) is 9.20. The highest BCUT2D eigenvalue weighted by molar-refractivity contribution is 7.84. The molecule has 0 heterocycles. The first-order valence-corrected chi connectivity index (χ1v) is 7.61. The van der Waals surface area contributed by atoms with Crippen molar-refractivity contribution in [2.45, 2.75) is 39.5 Å². The lowest BCUT2D eigenvalue weighted by Crippen LogP contribution is -2.27. The van der Waals surface area contributed by atoms with Crippen LogP contribution in [0.5, 0.6) is 0 Å². The van der Waals surface area contributed by atoms with Crippen LogP contribution >= 0.6 is 0 Å². The first-order valence-electron chi connectivity index (χ1n) is 6.13. The van der Waals surface area contributed by atoms with Gasteiger partial charge in [0.2, 0.25) is 0 Å². The Kier molecular flexibility index (Phi) is 5.86. The van der Waals surface area contributed by atoms with E-state index >= 15 is 0 Å². The molecule has 2 nitrogen and oxygen atoms in total. The molecule has 1 aromatic rings. The molecule has 0 fully saturated rings. The molecule has 96 valence electrons. The lowest BCUT2D eigenvalue weighted by atomic mass is 10.1. The smallest absolute Gasteiger partial charge is 0.0486 e. The number of hydrogen-bond donors (Lipinski definition) is 1. The van der Waals surface area contributed by atoms with Crippen LogP contribution in [0.4, 0.5) is 0 Å². The van der Waals surface area contributed by atoms with Crippen LogP contribution in [0.1, 0.15) is 30.5 Å². The van der Waals surface area contributed by atoms with Crippen LogP contribution in [0, 0.1) is 13.8 Å². The van der Waals surface area contributed by atoms with Gasteiger partial charge in [0.15, 0.2) is 0 Å². The SMILES string of the molecule is Cc1cc(C)cc(CS(=O)CCNC(C)C)c1. The van der Waals surface area contributed by atoms with Crippen molar-refractivity contribution in [3.05, 3.63) is 34.9 Å². The van der Waals surface area contributed by atoms with Crippen molar-refractivity contribution in [3.8, 4) is 0 Å². The molecular formula is C14H23NOS. The zero-order chi connectivity index (χ0) is 12.8. The number of nitrogens with one attached hydrogen (secondary N) is 1. The Hall–Kier alpha value is -0.670. The largest absolute Gasteiger partial charge is 0.314 e. The second kappa shape index (κ2) is 6.92. The summed E-state index contributed by atoms with van der Waals surface area (Å²) in [4.78, 5) is 0. The van der Waals surface area contributed by atoms with Gasteiger partial charge in [0, 0.05) is 34.9 Å². The number of hydrogen-bond acceptors (Lipinski definition) is 2. The second-order valence-electron chi connectivity index (χ2n) is 4.89. The Morgan fingerprint density at radius 3 is 2.29 bits per heavy atom. The molecule has 17 heavy (non-hydrogen) atoms. The van der Waals surface area contributed by atoms with E-state index in [2.05, 4.69) is 51.2 Å². The van der Waals surface area contributed by atoms with E-state index in [0.29, 0.717) is 11.8 Å². The van der Waals surface area contributed by atoms with Gasteiger partial charge in [0.25, 0.3) is 0 Å². The van der Waals surface area contributed by atoms with Crippen LogP contribution in [0.15, 0.2) is 18.2 Å². The van der Waals surface area contributed by atoms with Gasteiger partial charge in [-0.25, -0.2) is 0 Å². The molecule has 0 aliphatic heterocycles. The van der Waals surface area contributed by atoms with Crippen LogP contribution in [0.3, 0.4) is 0 Å². The summed E-state index contributed by atoms with van der Waals surface area (Å²) in [5.41, 5.74) is 3.68. The standard InChI is InChI=1S/C14H23NOS/c1-11(2)15-5-6-17(16)10-14-8-12(3)7-13(4)9-14/h7-9,11,15H,5-6,10H2,1-4H3. The van der Waals surface area contributed by atoms with Gasteiger partial charge >= 0.3 is 0 Å². The summed E-state index contributed by atoms with van der Waals surface area (Å²) in [7, 11) is -0.766. The predicted molar refractivity (Wildman–Crippen MR) is 75.8 cm³/mol. The zero-order valence-electron chi connectivity index (χ0n) is 11.2. The van der Waals surface area contributed by atoms with Gasteiger partial charge in [-0.2, -0.15) is 0 Å². The van der Waals surface area contributed by atoms with E-state index in [1.165, 1.54) is 16.7 Å². The highest BCUT2D eigenvalue weighted by atomic mass is 32.2. The van der Waals surface area contributed by atoms with E-state index in [1.807, 2.05) is 0 Å². The molecule has 0 amide bonds. The minimum Gasteiger partial charge on any atom is -0.314 e. The van der Waals surface area contributed by atoms with Crippen molar-refractivity contribution in [2.75, 3.05) is 12.3 Å². The van der Waals surface area contributed by atoms with Crippen molar-refractivity contribution < 1.29 is 4.21 Å². The lowest BCUT2D eigenvalue weighted by Gasteiger charge is -2.08. The third-order valence-electron chi connectivity index (χ3n) is 2.49. The third-order valence-corrected chi connectivity index (χ3v) is 3.81. The Balaban J connectivity index is 2.45. The van der Waals surface area contributed by atoms with Gasteiger partial charge in [0.1, 0.15) is 0 Å². The van der Waals surface area contributed by atoms with Crippen molar-refractivity contribution in [2.24, 2.45) is 0 Å².